The molecule has 0 radical (unpaired) electrons. The molecular weight excluding hydrogens is 248 g/mol. The molecule has 0 spiro atoms. The highest BCUT2D eigenvalue weighted by atomic mass is 16.2. The number of piperidine rings is 1. The van der Waals surface area contributed by atoms with Crippen molar-refractivity contribution >= 4 is 5.91 Å². The van der Waals surface area contributed by atoms with Crippen molar-refractivity contribution in [1.82, 2.24) is 10.6 Å². The van der Waals surface area contributed by atoms with E-state index in [1.165, 1.54) is 6.42 Å². The minimum absolute atomic E-state index is 0.150. The molecule has 1 amide bonds. The van der Waals surface area contributed by atoms with Gasteiger partial charge in [0.1, 0.15) is 0 Å². The lowest BCUT2D eigenvalue weighted by molar-refractivity contribution is -0.128. The van der Waals surface area contributed by atoms with Crippen molar-refractivity contribution in [2.45, 2.75) is 78.8 Å². The summed E-state index contributed by atoms with van der Waals surface area (Å²) in [5.74, 6) is 0.417. The predicted octanol–water partition coefficient (Wildman–Crippen LogP) is 3.10. The van der Waals surface area contributed by atoms with Crippen LogP contribution < -0.4 is 10.6 Å². The number of carbonyl (C=O) groups excluding carboxylic acids is 1. The van der Waals surface area contributed by atoms with Crippen LogP contribution in [0.1, 0.15) is 66.7 Å². The molecular formula is C17H32N2O. The van der Waals surface area contributed by atoms with E-state index in [1.807, 2.05) is 0 Å². The zero-order valence-electron chi connectivity index (χ0n) is 13.9. The highest BCUT2D eigenvalue weighted by Gasteiger charge is 2.39. The summed E-state index contributed by atoms with van der Waals surface area (Å²) in [6.45, 7) is 12.5. The van der Waals surface area contributed by atoms with Gasteiger partial charge in [-0.2, -0.15) is 0 Å². The Morgan fingerprint density at radius 1 is 1.15 bits per heavy atom. The molecule has 0 bridgehead atoms. The lowest BCUT2D eigenvalue weighted by Crippen LogP contribution is -2.52. The van der Waals surface area contributed by atoms with Crippen molar-refractivity contribution in [3.63, 3.8) is 0 Å². The minimum Gasteiger partial charge on any atom is -0.353 e. The van der Waals surface area contributed by atoms with Crippen LogP contribution in [0.5, 0.6) is 0 Å². The highest BCUT2D eigenvalue weighted by molar-refractivity contribution is 5.79. The van der Waals surface area contributed by atoms with E-state index in [0.717, 1.165) is 32.2 Å². The monoisotopic (exact) mass is 280 g/mol. The van der Waals surface area contributed by atoms with Crippen LogP contribution in [0.25, 0.3) is 0 Å². The Labute approximate surface area is 124 Å². The van der Waals surface area contributed by atoms with Gasteiger partial charge < -0.3 is 10.6 Å². The summed E-state index contributed by atoms with van der Waals surface area (Å²) in [4.78, 5) is 12.5. The zero-order valence-corrected chi connectivity index (χ0v) is 13.9. The summed E-state index contributed by atoms with van der Waals surface area (Å²) in [6, 6.07) is 0.656. The maximum Gasteiger partial charge on any atom is 0.224 e. The second-order valence-electron chi connectivity index (χ2n) is 8.61. The molecule has 1 saturated heterocycles. The van der Waals surface area contributed by atoms with E-state index in [9.17, 15) is 4.79 Å². The quantitative estimate of drug-likeness (QED) is 0.816. The summed E-state index contributed by atoms with van der Waals surface area (Å²) in [5.41, 5.74) is 0.659. The van der Waals surface area contributed by atoms with E-state index in [0.29, 0.717) is 22.9 Å². The predicted molar refractivity (Wildman–Crippen MR) is 83.5 cm³/mol. The smallest absolute Gasteiger partial charge is 0.224 e. The molecule has 2 fully saturated rings. The molecule has 1 aliphatic heterocycles. The zero-order chi connectivity index (χ0) is 15.0. The van der Waals surface area contributed by atoms with Crippen LogP contribution in [0.3, 0.4) is 0 Å². The Morgan fingerprint density at radius 3 is 2.30 bits per heavy atom. The maximum absolute atomic E-state index is 12.5. The van der Waals surface area contributed by atoms with Crippen LogP contribution in [-0.2, 0) is 4.79 Å². The maximum atomic E-state index is 12.5. The summed E-state index contributed by atoms with van der Waals surface area (Å²) in [6.07, 6.45) is 5.60. The van der Waals surface area contributed by atoms with Crippen molar-refractivity contribution in [2.75, 3.05) is 6.54 Å². The number of rotatable bonds is 2. The molecule has 1 heterocycles. The molecule has 0 aromatic rings. The number of nitrogens with one attached hydrogen (secondary N) is 2. The number of carbonyl (C=O) groups is 1. The van der Waals surface area contributed by atoms with Gasteiger partial charge in [-0.1, -0.05) is 27.7 Å². The lowest BCUT2D eigenvalue weighted by atomic mass is 9.63. The largest absolute Gasteiger partial charge is 0.353 e. The average Bonchev–Trinajstić information content (AvgIpc) is 2.24. The first-order valence-corrected chi connectivity index (χ1v) is 8.22. The topological polar surface area (TPSA) is 41.1 Å². The van der Waals surface area contributed by atoms with Gasteiger partial charge in [0.2, 0.25) is 5.91 Å². The first-order chi connectivity index (χ1) is 9.19. The van der Waals surface area contributed by atoms with Gasteiger partial charge in [-0.3, -0.25) is 4.79 Å². The first-order valence-electron chi connectivity index (χ1n) is 8.22. The number of hydrogen-bond donors (Lipinski definition) is 2. The fourth-order valence-electron chi connectivity index (χ4n) is 4.66. The SMILES string of the molecule is CC1NCCCC1C(=O)NC1CC(C)(C)CC(C)(C)C1. The molecule has 0 aromatic heterocycles. The lowest BCUT2D eigenvalue weighted by Gasteiger charge is -2.45. The van der Waals surface area contributed by atoms with Crippen molar-refractivity contribution in [1.29, 1.82) is 0 Å². The normalized spacial score (nSPS) is 33.6. The molecule has 3 nitrogen and oxygen atoms in total. The molecule has 20 heavy (non-hydrogen) atoms. The third kappa shape index (κ3) is 3.97. The Hall–Kier alpha value is -0.570. The molecule has 1 aliphatic carbocycles. The van der Waals surface area contributed by atoms with E-state index < -0.39 is 0 Å². The highest BCUT2D eigenvalue weighted by Crippen LogP contribution is 2.45. The van der Waals surface area contributed by atoms with Crippen molar-refractivity contribution in [3.8, 4) is 0 Å². The summed E-state index contributed by atoms with van der Waals surface area (Å²) in [5, 5.41) is 6.77. The summed E-state index contributed by atoms with van der Waals surface area (Å²) < 4.78 is 0. The molecule has 0 aromatic carbocycles. The van der Waals surface area contributed by atoms with E-state index in [2.05, 4.69) is 45.3 Å². The Kier molecular flexibility index (Phi) is 4.48. The third-order valence-corrected chi connectivity index (χ3v) is 5.00. The summed E-state index contributed by atoms with van der Waals surface area (Å²) >= 11 is 0. The molecule has 116 valence electrons. The van der Waals surface area contributed by atoms with Gasteiger partial charge in [-0.15, -0.1) is 0 Å². The molecule has 2 atom stereocenters. The minimum atomic E-state index is 0.150. The standard InChI is InChI=1S/C17H32N2O/c1-12-14(7-6-8-18-12)15(20)19-13-9-16(2,3)11-17(4,5)10-13/h12-14,18H,6-11H2,1-5H3,(H,19,20). The van der Waals surface area contributed by atoms with Gasteiger partial charge in [0.15, 0.2) is 0 Å². The first kappa shape index (κ1) is 15.8. The fraction of sp³-hybridized carbons (Fsp3) is 0.941. The second kappa shape index (κ2) is 5.67. The van der Waals surface area contributed by atoms with Gasteiger partial charge in [-0.25, -0.2) is 0 Å². The van der Waals surface area contributed by atoms with Crippen LogP contribution in [0.4, 0.5) is 0 Å². The Balaban J connectivity index is 1.96. The number of amides is 1. The van der Waals surface area contributed by atoms with Gasteiger partial charge >= 0.3 is 0 Å². The van der Waals surface area contributed by atoms with Gasteiger partial charge in [-0.05, 0) is 56.4 Å². The summed E-state index contributed by atoms with van der Waals surface area (Å²) in [7, 11) is 0. The molecule has 2 aliphatic rings. The Morgan fingerprint density at radius 2 is 1.75 bits per heavy atom. The molecule has 2 N–H and O–H groups in total. The molecule has 2 rings (SSSR count). The van der Waals surface area contributed by atoms with Crippen LogP contribution in [-0.4, -0.2) is 24.5 Å². The average molecular weight is 280 g/mol. The fourth-order valence-corrected chi connectivity index (χ4v) is 4.66. The van der Waals surface area contributed by atoms with E-state index in [4.69, 9.17) is 0 Å². The van der Waals surface area contributed by atoms with Crippen LogP contribution >= 0.6 is 0 Å². The van der Waals surface area contributed by atoms with Crippen molar-refractivity contribution in [2.24, 2.45) is 16.7 Å². The van der Waals surface area contributed by atoms with E-state index >= 15 is 0 Å². The van der Waals surface area contributed by atoms with E-state index in [1.54, 1.807) is 0 Å². The van der Waals surface area contributed by atoms with Gasteiger partial charge in [0.05, 0.1) is 5.92 Å². The van der Waals surface area contributed by atoms with Crippen LogP contribution in [0.15, 0.2) is 0 Å². The Bertz CT molecular complexity index is 346. The second-order valence-corrected chi connectivity index (χ2v) is 8.61. The van der Waals surface area contributed by atoms with Crippen LogP contribution in [0.2, 0.25) is 0 Å². The third-order valence-electron chi connectivity index (χ3n) is 5.00. The number of hydrogen-bond acceptors (Lipinski definition) is 2. The molecule has 1 saturated carbocycles. The molecule has 3 heteroatoms. The molecule has 2 unspecified atom stereocenters. The van der Waals surface area contributed by atoms with Gasteiger partial charge in [0.25, 0.3) is 0 Å². The van der Waals surface area contributed by atoms with Crippen LogP contribution in [0, 0.1) is 16.7 Å². The van der Waals surface area contributed by atoms with Crippen molar-refractivity contribution < 1.29 is 4.79 Å². The van der Waals surface area contributed by atoms with E-state index in [-0.39, 0.29) is 11.8 Å². The van der Waals surface area contributed by atoms with Crippen molar-refractivity contribution in [3.05, 3.63) is 0 Å². The van der Waals surface area contributed by atoms with Gasteiger partial charge in [0, 0.05) is 12.1 Å².